The fraction of sp³-hybridized carbons (Fsp3) is 0.615. The molecular formula is C13H20N2O2S. The zero-order chi connectivity index (χ0) is 13.0. The topological polar surface area (TPSA) is 52.6 Å². The summed E-state index contributed by atoms with van der Waals surface area (Å²) in [7, 11) is 0. The number of aliphatic hydroxyl groups is 1. The molecule has 1 aliphatic rings. The molecule has 0 aromatic carbocycles. The maximum absolute atomic E-state index is 11.8. The van der Waals surface area contributed by atoms with Crippen molar-refractivity contribution in [3.8, 4) is 0 Å². The molecule has 0 spiro atoms. The van der Waals surface area contributed by atoms with E-state index in [2.05, 4.69) is 23.2 Å². The molecule has 100 valence electrons. The van der Waals surface area contributed by atoms with Gasteiger partial charge in [0.1, 0.15) is 0 Å². The van der Waals surface area contributed by atoms with Crippen LogP contribution >= 0.6 is 11.3 Å². The van der Waals surface area contributed by atoms with E-state index >= 15 is 0 Å². The number of aliphatic hydroxyl groups excluding tert-OH is 1. The van der Waals surface area contributed by atoms with Crippen molar-refractivity contribution in [3.05, 3.63) is 21.9 Å². The summed E-state index contributed by atoms with van der Waals surface area (Å²) in [5.41, 5.74) is 1.24. The number of rotatable bonds is 4. The molecule has 1 fully saturated rings. The van der Waals surface area contributed by atoms with Crippen LogP contribution < -0.4 is 5.32 Å². The standard InChI is InChI=1S/C13H20N2O2S/c1-10-4-7-18-12(10)8-14-13(17)9-15-5-2-11(16)3-6-15/h4,7,11,16H,2-3,5-6,8-9H2,1H3,(H,14,17). The Labute approximate surface area is 112 Å². The third-order valence-corrected chi connectivity index (χ3v) is 4.36. The van der Waals surface area contributed by atoms with Crippen LogP contribution in [0.4, 0.5) is 0 Å². The van der Waals surface area contributed by atoms with Crippen molar-refractivity contribution in [1.82, 2.24) is 10.2 Å². The molecule has 0 saturated carbocycles. The van der Waals surface area contributed by atoms with Gasteiger partial charge in [0, 0.05) is 18.0 Å². The number of amides is 1. The smallest absolute Gasteiger partial charge is 0.234 e. The summed E-state index contributed by atoms with van der Waals surface area (Å²) in [6.45, 7) is 4.75. The third-order valence-electron chi connectivity index (χ3n) is 3.34. The first-order chi connectivity index (χ1) is 8.65. The van der Waals surface area contributed by atoms with Crippen LogP contribution in [0.5, 0.6) is 0 Å². The number of hydrogen-bond donors (Lipinski definition) is 2. The Bertz CT molecular complexity index is 397. The first-order valence-electron chi connectivity index (χ1n) is 6.35. The number of carbonyl (C=O) groups is 1. The summed E-state index contributed by atoms with van der Waals surface area (Å²) >= 11 is 1.68. The summed E-state index contributed by atoms with van der Waals surface area (Å²) in [5.74, 6) is 0.0687. The highest BCUT2D eigenvalue weighted by Gasteiger charge is 2.18. The number of nitrogens with zero attached hydrogens (tertiary/aromatic N) is 1. The molecule has 0 unspecified atom stereocenters. The minimum atomic E-state index is -0.182. The number of piperidine rings is 1. The lowest BCUT2D eigenvalue weighted by Gasteiger charge is -2.28. The normalized spacial score (nSPS) is 17.9. The van der Waals surface area contributed by atoms with Crippen molar-refractivity contribution in [3.63, 3.8) is 0 Å². The van der Waals surface area contributed by atoms with Gasteiger partial charge in [0.05, 0.1) is 19.2 Å². The van der Waals surface area contributed by atoms with E-state index in [0.29, 0.717) is 13.1 Å². The van der Waals surface area contributed by atoms with Gasteiger partial charge < -0.3 is 10.4 Å². The quantitative estimate of drug-likeness (QED) is 0.860. The lowest BCUT2D eigenvalue weighted by atomic mass is 10.1. The van der Waals surface area contributed by atoms with E-state index in [0.717, 1.165) is 25.9 Å². The highest BCUT2D eigenvalue weighted by molar-refractivity contribution is 7.10. The van der Waals surface area contributed by atoms with Gasteiger partial charge in [0.25, 0.3) is 0 Å². The molecule has 1 aromatic rings. The zero-order valence-electron chi connectivity index (χ0n) is 10.7. The van der Waals surface area contributed by atoms with E-state index in [1.54, 1.807) is 11.3 Å². The number of nitrogens with one attached hydrogen (secondary N) is 1. The predicted molar refractivity (Wildman–Crippen MR) is 72.6 cm³/mol. The van der Waals surface area contributed by atoms with Crippen LogP contribution in [0, 0.1) is 6.92 Å². The van der Waals surface area contributed by atoms with E-state index in [1.807, 2.05) is 5.38 Å². The minimum absolute atomic E-state index is 0.0687. The Hall–Kier alpha value is -0.910. The van der Waals surface area contributed by atoms with E-state index in [-0.39, 0.29) is 12.0 Å². The molecule has 0 bridgehead atoms. The van der Waals surface area contributed by atoms with Crippen LogP contribution in [0.3, 0.4) is 0 Å². The summed E-state index contributed by atoms with van der Waals surface area (Å²) in [4.78, 5) is 15.1. The van der Waals surface area contributed by atoms with Crippen molar-refractivity contribution in [2.24, 2.45) is 0 Å². The maximum atomic E-state index is 11.8. The van der Waals surface area contributed by atoms with Gasteiger partial charge in [-0.1, -0.05) is 0 Å². The van der Waals surface area contributed by atoms with Crippen LogP contribution in [0.1, 0.15) is 23.3 Å². The highest BCUT2D eigenvalue weighted by Crippen LogP contribution is 2.15. The second-order valence-corrected chi connectivity index (χ2v) is 5.81. The van der Waals surface area contributed by atoms with Crippen LogP contribution in [0.15, 0.2) is 11.4 Å². The van der Waals surface area contributed by atoms with Gasteiger partial charge in [-0.3, -0.25) is 9.69 Å². The summed E-state index contributed by atoms with van der Waals surface area (Å²) in [5, 5.41) is 14.4. The van der Waals surface area contributed by atoms with E-state index in [9.17, 15) is 9.90 Å². The molecule has 1 aromatic heterocycles. The predicted octanol–water partition coefficient (Wildman–Crippen LogP) is 1.13. The van der Waals surface area contributed by atoms with Gasteiger partial charge in [-0.2, -0.15) is 0 Å². The lowest BCUT2D eigenvalue weighted by molar-refractivity contribution is -0.122. The first kappa shape index (κ1) is 13.5. The van der Waals surface area contributed by atoms with Gasteiger partial charge in [-0.05, 0) is 36.8 Å². The largest absolute Gasteiger partial charge is 0.393 e. The average Bonchev–Trinajstić information content (AvgIpc) is 2.75. The fourth-order valence-electron chi connectivity index (χ4n) is 2.10. The van der Waals surface area contributed by atoms with Gasteiger partial charge >= 0.3 is 0 Å². The third kappa shape index (κ3) is 3.80. The Morgan fingerprint density at radius 3 is 2.89 bits per heavy atom. The Morgan fingerprint density at radius 2 is 2.28 bits per heavy atom. The molecule has 0 atom stereocenters. The molecule has 1 aliphatic heterocycles. The molecule has 2 heterocycles. The SMILES string of the molecule is Cc1ccsc1CNC(=O)CN1CCC(O)CC1. The van der Waals surface area contributed by atoms with Gasteiger partial charge in [0.15, 0.2) is 0 Å². The maximum Gasteiger partial charge on any atom is 0.234 e. The minimum Gasteiger partial charge on any atom is -0.393 e. The molecule has 2 rings (SSSR count). The number of carbonyl (C=O) groups excluding carboxylic acids is 1. The number of hydrogen-bond acceptors (Lipinski definition) is 4. The van der Waals surface area contributed by atoms with Crippen molar-refractivity contribution < 1.29 is 9.90 Å². The molecule has 2 N–H and O–H groups in total. The van der Waals surface area contributed by atoms with Gasteiger partial charge in [0.2, 0.25) is 5.91 Å². The van der Waals surface area contributed by atoms with Crippen molar-refractivity contribution >= 4 is 17.2 Å². The van der Waals surface area contributed by atoms with E-state index in [1.165, 1.54) is 10.4 Å². The lowest BCUT2D eigenvalue weighted by Crippen LogP contribution is -2.42. The van der Waals surface area contributed by atoms with Gasteiger partial charge in [-0.25, -0.2) is 0 Å². The van der Waals surface area contributed by atoms with Crippen LogP contribution in [0.2, 0.25) is 0 Å². The molecule has 1 saturated heterocycles. The van der Waals surface area contributed by atoms with Crippen LogP contribution in [-0.4, -0.2) is 41.7 Å². The molecule has 0 aliphatic carbocycles. The summed E-state index contributed by atoms with van der Waals surface area (Å²) < 4.78 is 0. The summed E-state index contributed by atoms with van der Waals surface area (Å²) in [6.07, 6.45) is 1.37. The average molecular weight is 268 g/mol. The van der Waals surface area contributed by atoms with Crippen molar-refractivity contribution in [2.75, 3.05) is 19.6 Å². The van der Waals surface area contributed by atoms with Gasteiger partial charge in [-0.15, -0.1) is 11.3 Å². The van der Waals surface area contributed by atoms with Crippen LogP contribution in [0.25, 0.3) is 0 Å². The second kappa shape index (κ2) is 6.31. The molecule has 4 nitrogen and oxygen atoms in total. The number of likely N-dealkylation sites (tertiary alicyclic amines) is 1. The fourth-order valence-corrected chi connectivity index (χ4v) is 2.95. The first-order valence-corrected chi connectivity index (χ1v) is 7.23. The molecule has 5 heteroatoms. The molecule has 0 radical (unpaired) electrons. The zero-order valence-corrected chi connectivity index (χ0v) is 11.5. The Balaban J connectivity index is 1.71. The Kier molecular flexibility index (Phi) is 4.74. The second-order valence-electron chi connectivity index (χ2n) is 4.81. The molecular weight excluding hydrogens is 248 g/mol. The number of thiophene rings is 1. The summed E-state index contributed by atoms with van der Waals surface area (Å²) in [6, 6.07) is 2.07. The van der Waals surface area contributed by atoms with Crippen molar-refractivity contribution in [1.29, 1.82) is 0 Å². The van der Waals surface area contributed by atoms with E-state index in [4.69, 9.17) is 0 Å². The van der Waals surface area contributed by atoms with Crippen LogP contribution in [-0.2, 0) is 11.3 Å². The monoisotopic (exact) mass is 268 g/mol. The number of aryl methyl sites for hydroxylation is 1. The molecule has 1 amide bonds. The highest BCUT2D eigenvalue weighted by atomic mass is 32.1. The van der Waals surface area contributed by atoms with Crippen molar-refractivity contribution in [2.45, 2.75) is 32.4 Å². The van der Waals surface area contributed by atoms with E-state index < -0.39 is 0 Å². The molecule has 18 heavy (non-hydrogen) atoms. The Morgan fingerprint density at radius 1 is 1.56 bits per heavy atom.